The van der Waals surface area contributed by atoms with E-state index in [0.717, 1.165) is 0 Å². The highest BCUT2D eigenvalue weighted by molar-refractivity contribution is 5.67. The molecule has 0 rings (SSSR count). The summed E-state index contributed by atoms with van der Waals surface area (Å²) < 4.78 is 0. The molecule has 0 N–H and O–H groups in total. The van der Waals surface area contributed by atoms with Crippen molar-refractivity contribution in [3.63, 3.8) is 0 Å². The fraction of sp³-hybridized carbons (Fsp3) is 0.250. The van der Waals surface area contributed by atoms with Gasteiger partial charge in [0.25, 0.3) is 0 Å². The third-order valence-electron chi connectivity index (χ3n) is 0.311. The SMILES string of the molecule is C=C[14CH2]C([O])=O. The molecule has 0 spiro atoms. The predicted octanol–water partition coefficient (Wildman–Crippen LogP) is 0.520. The molecule has 0 aromatic heterocycles. The Morgan fingerprint density at radius 1 is 1.83 bits per heavy atom. The number of hydrogen-bond acceptors (Lipinski definition) is 1. The molecule has 0 aromatic rings. The first-order valence-corrected chi connectivity index (χ1v) is 1.58. The van der Waals surface area contributed by atoms with E-state index in [1.165, 1.54) is 6.08 Å². The van der Waals surface area contributed by atoms with Crippen LogP contribution in [-0.2, 0) is 9.90 Å². The Kier molecular flexibility index (Phi) is 2.13. The molecule has 2 heteroatoms. The van der Waals surface area contributed by atoms with Crippen molar-refractivity contribution >= 4 is 5.97 Å². The Hall–Kier alpha value is -0.790. The average Bonchev–Trinajstić information content (AvgIpc) is 1.35. The van der Waals surface area contributed by atoms with E-state index in [9.17, 15) is 9.90 Å². The molecule has 6 heavy (non-hydrogen) atoms. The van der Waals surface area contributed by atoms with Gasteiger partial charge >= 0.3 is 5.97 Å². The van der Waals surface area contributed by atoms with E-state index in [0.29, 0.717) is 0 Å². The van der Waals surface area contributed by atoms with Gasteiger partial charge in [0.1, 0.15) is 0 Å². The third-order valence-corrected chi connectivity index (χ3v) is 0.311. The van der Waals surface area contributed by atoms with Gasteiger partial charge in [-0.1, -0.05) is 6.08 Å². The molecule has 0 aromatic carbocycles. The maximum Gasteiger partial charge on any atom is 0.359 e. The summed E-state index contributed by atoms with van der Waals surface area (Å²) in [4.78, 5) is 9.42. The van der Waals surface area contributed by atoms with Crippen LogP contribution in [0.1, 0.15) is 6.42 Å². The van der Waals surface area contributed by atoms with E-state index in [4.69, 9.17) is 0 Å². The first-order valence-electron chi connectivity index (χ1n) is 1.58. The summed E-state index contributed by atoms with van der Waals surface area (Å²) in [5.74, 6) is -1.08. The Morgan fingerprint density at radius 3 is 2.33 bits per heavy atom. The van der Waals surface area contributed by atoms with Crippen LogP contribution in [0.25, 0.3) is 0 Å². The van der Waals surface area contributed by atoms with Gasteiger partial charge in [-0.15, -0.1) is 6.58 Å². The number of carbonyl (C=O) groups excluding carboxylic acids is 1. The monoisotopic (exact) mass is 87.0 g/mol. The number of carbonyl (C=O) groups is 1. The topological polar surface area (TPSA) is 37.0 Å². The minimum atomic E-state index is -1.08. The van der Waals surface area contributed by atoms with Crippen molar-refractivity contribution in [3.8, 4) is 0 Å². The molecular weight excluding hydrogens is 82.0 g/mol. The van der Waals surface area contributed by atoms with Crippen LogP contribution in [0.5, 0.6) is 0 Å². The van der Waals surface area contributed by atoms with Gasteiger partial charge in [-0.3, -0.25) is 0 Å². The Labute approximate surface area is 36.1 Å². The molecule has 0 aliphatic carbocycles. The summed E-state index contributed by atoms with van der Waals surface area (Å²) in [6, 6.07) is 0. The molecule has 0 aliphatic heterocycles. The zero-order valence-electron chi connectivity index (χ0n) is 3.31. The summed E-state index contributed by atoms with van der Waals surface area (Å²) in [6.45, 7) is 3.18. The lowest BCUT2D eigenvalue weighted by Crippen LogP contribution is -1.85. The van der Waals surface area contributed by atoms with Crippen LogP contribution in [0.4, 0.5) is 0 Å². The van der Waals surface area contributed by atoms with E-state index in [1.807, 2.05) is 0 Å². The van der Waals surface area contributed by atoms with Gasteiger partial charge in [-0.25, -0.2) is 9.90 Å². The van der Waals surface area contributed by atoms with Crippen molar-refractivity contribution in [2.75, 3.05) is 0 Å². The Bertz CT molecular complexity index is 65.9. The van der Waals surface area contributed by atoms with E-state index in [2.05, 4.69) is 6.58 Å². The van der Waals surface area contributed by atoms with Crippen molar-refractivity contribution < 1.29 is 9.90 Å². The number of hydrogen-bond donors (Lipinski definition) is 0. The summed E-state index contributed by atoms with van der Waals surface area (Å²) in [5.41, 5.74) is 0. The fourth-order valence-corrected chi connectivity index (χ4v) is 0.118. The molecule has 1 radical (unpaired) electrons. The lowest BCUT2D eigenvalue weighted by atomic mass is 11.0. The second-order valence-electron chi connectivity index (χ2n) is 0.865. The largest absolute Gasteiger partial charge is 0.359 e. The molecule has 0 saturated carbocycles. The minimum Gasteiger partial charge on any atom is -0.247 e. The van der Waals surface area contributed by atoms with Crippen molar-refractivity contribution in [2.24, 2.45) is 0 Å². The molecule has 2 nitrogen and oxygen atoms in total. The van der Waals surface area contributed by atoms with Crippen LogP contribution in [0.3, 0.4) is 0 Å². The lowest BCUT2D eigenvalue weighted by Gasteiger charge is -1.69. The summed E-state index contributed by atoms with van der Waals surface area (Å²) >= 11 is 0. The average molecular weight is 87.1 g/mol. The van der Waals surface area contributed by atoms with Crippen molar-refractivity contribution in [1.82, 2.24) is 0 Å². The Balaban J connectivity index is 3.05. The van der Waals surface area contributed by atoms with Crippen LogP contribution >= 0.6 is 0 Å². The van der Waals surface area contributed by atoms with Crippen LogP contribution in [0, 0.1) is 0 Å². The van der Waals surface area contributed by atoms with Crippen LogP contribution < -0.4 is 0 Å². The second-order valence-corrected chi connectivity index (χ2v) is 0.865. The van der Waals surface area contributed by atoms with Crippen molar-refractivity contribution in [3.05, 3.63) is 12.7 Å². The second kappa shape index (κ2) is 2.45. The van der Waals surface area contributed by atoms with Gasteiger partial charge in [-0.2, -0.15) is 0 Å². The third kappa shape index (κ3) is 3.21. The minimum absolute atomic E-state index is 0.0556. The van der Waals surface area contributed by atoms with Crippen molar-refractivity contribution in [1.29, 1.82) is 0 Å². The van der Waals surface area contributed by atoms with Gasteiger partial charge in [0, 0.05) is 0 Å². The van der Waals surface area contributed by atoms with Gasteiger partial charge in [-0.05, 0) is 0 Å². The summed E-state index contributed by atoms with van der Waals surface area (Å²) in [6.07, 6.45) is 1.23. The van der Waals surface area contributed by atoms with E-state index < -0.39 is 5.97 Å². The first-order chi connectivity index (χ1) is 2.77. The maximum absolute atomic E-state index is 9.42. The molecule has 0 heterocycles. The molecule has 0 unspecified atom stereocenters. The fourth-order valence-electron chi connectivity index (χ4n) is 0.118. The predicted molar refractivity (Wildman–Crippen MR) is 20.5 cm³/mol. The normalized spacial score (nSPS) is 7.33. The zero-order valence-corrected chi connectivity index (χ0v) is 3.31. The first kappa shape index (κ1) is 5.21. The van der Waals surface area contributed by atoms with Gasteiger partial charge in [0.2, 0.25) is 0 Å². The standard InChI is InChI=1S/C4H5O2/c1-2-3-4(5)6/h2H,1,3H2/i3+2. The molecule has 0 bridgehead atoms. The molecule has 0 aliphatic rings. The highest BCUT2D eigenvalue weighted by Crippen LogP contribution is 1.75. The molecule has 0 amide bonds. The van der Waals surface area contributed by atoms with Gasteiger partial charge < -0.3 is 0 Å². The highest BCUT2D eigenvalue weighted by Gasteiger charge is 1.88. The van der Waals surface area contributed by atoms with Gasteiger partial charge in [0.15, 0.2) is 0 Å². The lowest BCUT2D eigenvalue weighted by molar-refractivity contribution is -0.142. The maximum atomic E-state index is 9.42. The molecule has 0 saturated heterocycles. The Morgan fingerprint density at radius 2 is 2.33 bits per heavy atom. The van der Waals surface area contributed by atoms with Crippen LogP contribution in [0.15, 0.2) is 12.7 Å². The van der Waals surface area contributed by atoms with Gasteiger partial charge in [0.05, 0.1) is 6.42 Å². The summed E-state index contributed by atoms with van der Waals surface area (Å²) in [5, 5.41) is 9.42. The smallest absolute Gasteiger partial charge is 0.247 e. The zero-order chi connectivity index (χ0) is 4.99. The molecular formula is C4H5O2. The highest BCUT2D eigenvalue weighted by atomic mass is 16.4. The van der Waals surface area contributed by atoms with Crippen LogP contribution in [0.2, 0.25) is 0 Å². The number of rotatable bonds is 2. The molecule has 0 fully saturated rings. The molecule has 33 valence electrons. The van der Waals surface area contributed by atoms with Crippen LogP contribution in [-0.4, -0.2) is 5.97 Å². The quantitative estimate of drug-likeness (QED) is 0.452. The molecule has 0 atom stereocenters. The van der Waals surface area contributed by atoms with Crippen molar-refractivity contribution in [2.45, 2.75) is 6.42 Å². The van der Waals surface area contributed by atoms with E-state index >= 15 is 0 Å². The van der Waals surface area contributed by atoms with E-state index in [-0.39, 0.29) is 6.42 Å². The van der Waals surface area contributed by atoms with E-state index in [1.54, 1.807) is 0 Å². The summed E-state index contributed by atoms with van der Waals surface area (Å²) in [7, 11) is 0.